The summed E-state index contributed by atoms with van der Waals surface area (Å²) in [5.41, 5.74) is 6.42. The summed E-state index contributed by atoms with van der Waals surface area (Å²) in [6.07, 6.45) is 2.05. The van der Waals surface area contributed by atoms with Gasteiger partial charge in [-0.05, 0) is 32.2 Å². The van der Waals surface area contributed by atoms with E-state index in [9.17, 15) is 0 Å². The second-order valence-corrected chi connectivity index (χ2v) is 6.20. The second-order valence-electron chi connectivity index (χ2n) is 3.66. The molecule has 0 heterocycles. The zero-order chi connectivity index (χ0) is 11.0. The molecule has 0 aliphatic heterocycles. The van der Waals surface area contributed by atoms with Crippen molar-refractivity contribution in [3.63, 3.8) is 0 Å². The van der Waals surface area contributed by atoms with E-state index >= 15 is 0 Å². The molecule has 0 aliphatic carbocycles. The van der Waals surface area contributed by atoms with E-state index in [1.165, 1.54) is 0 Å². The molecule has 2 N–H and O–H groups in total. The molecular formula is C10H25NO2Si. The van der Waals surface area contributed by atoms with Gasteiger partial charge in [0.25, 0.3) is 0 Å². The van der Waals surface area contributed by atoms with Crippen molar-refractivity contribution in [2.24, 2.45) is 5.73 Å². The Bertz CT molecular complexity index is 129. The first-order chi connectivity index (χ1) is 6.65. The zero-order valence-corrected chi connectivity index (χ0v) is 11.1. The van der Waals surface area contributed by atoms with Crippen LogP contribution in [-0.4, -0.2) is 28.5 Å². The Morgan fingerprint density at radius 1 is 1.14 bits per heavy atom. The van der Waals surface area contributed by atoms with Crippen molar-refractivity contribution in [1.82, 2.24) is 0 Å². The first kappa shape index (κ1) is 14.1. The summed E-state index contributed by atoms with van der Waals surface area (Å²) < 4.78 is 11.3. The number of hydrogen-bond donors (Lipinski definition) is 1. The van der Waals surface area contributed by atoms with Crippen LogP contribution in [0, 0.1) is 0 Å². The minimum absolute atomic E-state index is 0.293. The van der Waals surface area contributed by atoms with Crippen LogP contribution >= 0.6 is 0 Å². The number of hydrogen-bond acceptors (Lipinski definition) is 3. The van der Waals surface area contributed by atoms with Crippen LogP contribution in [0.1, 0.15) is 40.5 Å². The van der Waals surface area contributed by atoms with Gasteiger partial charge in [0.2, 0.25) is 0 Å². The molecule has 0 amide bonds. The lowest BCUT2D eigenvalue weighted by Crippen LogP contribution is -2.32. The van der Waals surface area contributed by atoms with Gasteiger partial charge in [-0.2, -0.15) is 0 Å². The topological polar surface area (TPSA) is 44.5 Å². The molecule has 0 bridgehead atoms. The molecule has 0 aromatic heterocycles. The molecule has 0 fully saturated rings. The monoisotopic (exact) mass is 219 g/mol. The standard InChI is InChI=1S/C10H25NO2Si/c1-5-10(11)8-9(4)14(12-6-2)13-7-3/h9-10,14H,5-8,11H2,1-4H3. The number of rotatable bonds is 8. The SMILES string of the molecule is CCO[SiH](OCC)C(C)CC(N)CC. The Labute approximate surface area is 89.8 Å². The molecule has 2 unspecified atom stereocenters. The Balaban J connectivity index is 3.92. The van der Waals surface area contributed by atoms with Crippen LogP contribution in [0.3, 0.4) is 0 Å². The molecule has 0 radical (unpaired) electrons. The predicted octanol–water partition coefficient (Wildman–Crippen LogP) is 1.80. The molecular weight excluding hydrogens is 194 g/mol. The van der Waals surface area contributed by atoms with Crippen LogP contribution in [-0.2, 0) is 8.85 Å². The van der Waals surface area contributed by atoms with Gasteiger partial charge < -0.3 is 14.6 Å². The quantitative estimate of drug-likeness (QED) is 0.633. The Kier molecular flexibility index (Phi) is 8.47. The van der Waals surface area contributed by atoms with Gasteiger partial charge in [-0.1, -0.05) is 13.8 Å². The molecule has 2 atom stereocenters. The van der Waals surface area contributed by atoms with Crippen LogP contribution in [0.4, 0.5) is 0 Å². The highest BCUT2D eigenvalue weighted by Crippen LogP contribution is 2.18. The van der Waals surface area contributed by atoms with Gasteiger partial charge in [-0.25, -0.2) is 0 Å². The fourth-order valence-electron chi connectivity index (χ4n) is 1.46. The maximum Gasteiger partial charge on any atom is 0.324 e. The lowest BCUT2D eigenvalue weighted by atomic mass is 10.1. The average Bonchev–Trinajstić information content (AvgIpc) is 2.17. The summed E-state index contributed by atoms with van der Waals surface area (Å²) in [7, 11) is -1.48. The third-order valence-corrected chi connectivity index (χ3v) is 4.85. The van der Waals surface area contributed by atoms with E-state index in [1.54, 1.807) is 0 Å². The summed E-state index contributed by atoms with van der Waals surface area (Å²) in [6.45, 7) is 9.86. The van der Waals surface area contributed by atoms with Crippen LogP contribution in [0.25, 0.3) is 0 Å². The highest BCUT2D eigenvalue weighted by atomic mass is 28.3. The van der Waals surface area contributed by atoms with Gasteiger partial charge in [0, 0.05) is 19.3 Å². The summed E-state index contributed by atoms with van der Waals surface area (Å²) in [4.78, 5) is 0. The van der Waals surface area contributed by atoms with Gasteiger partial charge in [0.1, 0.15) is 0 Å². The van der Waals surface area contributed by atoms with Crippen molar-refractivity contribution < 1.29 is 8.85 Å². The lowest BCUT2D eigenvalue weighted by Gasteiger charge is -2.23. The largest absolute Gasteiger partial charge is 0.397 e. The summed E-state index contributed by atoms with van der Waals surface area (Å²) >= 11 is 0. The van der Waals surface area contributed by atoms with Gasteiger partial charge in [-0.3, -0.25) is 0 Å². The van der Waals surface area contributed by atoms with E-state index in [0.29, 0.717) is 11.6 Å². The lowest BCUT2D eigenvalue weighted by molar-refractivity contribution is 0.202. The van der Waals surface area contributed by atoms with Crippen LogP contribution in [0.2, 0.25) is 5.54 Å². The molecule has 14 heavy (non-hydrogen) atoms. The Morgan fingerprint density at radius 3 is 2.00 bits per heavy atom. The van der Waals surface area contributed by atoms with Crippen molar-refractivity contribution in [2.45, 2.75) is 52.1 Å². The molecule has 86 valence electrons. The van der Waals surface area contributed by atoms with Crippen molar-refractivity contribution >= 4 is 9.28 Å². The second kappa shape index (κ2) is 8.41. The highest BCUT2D eigenvalue weighted by Gasteiger charge is 2.22. The number of nitrogens with two attached hydrogens (primary N) is 1. The van der Waals surface area contributed by atoms with Gasteiger partial charge >= 0.3 is 9.28 Å². The highest BCUT2D eigenvalue weighted by molar-refractivity contribution is 6.46. The molecule has 0 saturated heterocycles. The molecule has 4 heteroatoms. The van der Waals surface area contributed by atoms with Gasteiger partial charge in [0.05, 0.1) is 0 Å². The first-order valence-corrected chi connectivity index (χ1v) is 7.25. The summed E-state index contributed by atoms with van der Waals surface area (Å²) in [6, 6.07) is 0.293. The molecule has 0 aromatic rings. The van der Waals surface area contributed by atoms with Crippen LogP contribution in [0.5, 0.6) is 0 Å². The summed E-state index contributed by atoms with van der Waals surface area (Å²) in [5, 5.41) is 0. The third kappa shape index (κ3) is 5.75. The summed E-state index contributed by atoms with van der Waals surface area (Å²) in [5.74, 6) is 0. The van der Waals surface area contributed by atoms with Crippen LogP contribution in [0.15, 0.2) is 0 Å². The van der Waals surface area contributed by atoms with E-state index in [4.69, 9.17) is 14.6 Å². The van der Waals surface area contributed by atoms with Crippen LogP contribution < -0.4 is 5.73 Å². The normalized spacial score (nSPS) is 15.9. The van der Waals surface area contributed by atoms with Crippen molar-refractivity contribution in [2.75, 3.05) is 13.2 Å². The van der Waals surface area contributed by atoms with E-state index in [-0.39, 0.29) is 0 Å². The fourth-order valence-corrected chi connectivity index (χ4v) is 3.44. The molecule has 3 nitrogen and oxygen atoms in total. The Morgan fingerprint density at radius 2 is 1.64 bits per heavy atom. The van der Waals surface area contributed by atoms with E-state index in [2.05, 4.69) is 13.8 Å². The van der Waals surface area contributed by atoms with E-state index in [0.717, 1.165) is 26.1 Å². The molecule has 0 aromatic carbocycles. The average molecular weight is 219 g/mol. The molecule has 0 spiro atoms. The first-order valence-electron chi connectivity index (χ1n) is 5.64. The maximum absolute atomic E-state index is 5.92. The van der Waals surface area contributed by atoms with Gasteiger partial charge in [-0.15, -0.1) is 0 Å². The smallest absolute Gasteiger partial charge is 0.324 e. The van der Waals surface area contributed by atoms with Crippen molar-refractivity contribution in [1.29, 1.82) is 0 Å². The Hall–Kier alpha value is 0.0969. The molecule has 0 saturated carbocycles. The van der Waals surface area contributed by atoms with E-state index < -0.39 is 9.28 Å². The zero-order valence-electron chi connectivity index (χ0n) is 9.95. The van der Waals surface area contributed by atoms with Gasteiger partial charge in [0.15, 0.2) is 0 Å². The fraction of sp³-hybridized carbons (Fsp3) is 1.00. The predicted molar refractivity (Wildman–Crippen MR) is 62.7 cm³/mol. The van der Waals surface area contributed by atoms with Crippen molar-refractivity contribution in [3.8, 4) is 0 Å². The third-order valence-electron chi connectivity index (χ3n) is 2.33. The molecule has 0 aliphatic rings. The van der Waals surface area contributed by atoms with E-state index in [1.807, 2.05) is 13.8 Å². The molecule has 0 rings (SSSR count). The maximum atomic E-state index is 5.92. The van der Waals surface area contributed by atoms with Crippen molar-refractivity contribution in [3.05, 3.63) is 0 Å². The minimum atomic E-state index is -1.48. The minimum Gasteiger partial charge on any atom is -0.397 e.